The van der Waals surface area contributed by atoms with Crippen LogP contribution in [0.2, 0.25) is 0 Å². The van der Waals surface area contributed by atoms with Gasteiger partial charge in [-0.2, -0.15) is 0 Å². The van der Waals surface area contributed by atoms with Crippen molar-refractivity contribution in [3.8, 4) is 5.75 Å². The van der Waals surface area contributed by atoms with Crippen molar-refractivity contribution in [2.45, 2.75) is 31.6 Å². The van der Waals surface area contributed by atoms with Gasteiger partial charge in [-0.15, -0.1) is 0 Å². The van der Waals surface area contributed by atoms with Gasteiger partial charge in [0.05, 0.1) is 7.11 Å². The van der Waals surface area contributed by atoms with E-state index in [9.17, 15) is 9.59 Å². The molecule has 0 N–H and O–H groups in total. The zero-order chi connectivity index (χ0) is 20.1. The molecule has 154 valence electrons. The summed E-state index contributed by atoms with van der Waals surface area (Å²) in [6.07, 6.45) is 3.52. The van der Waals surface area contributed by atoms with Gasteiger partial charge in [0.25, 0.3) is 0 Å². The Hall–Kier alpha value is -2.08. The molecule has 2 amide bonds. The Bertz CT molecular complexity index is 662. The van der Waals surface area contributed by atoms with Crippen LogP contribution in [0.5, 0.6) is 5.75 Å². The van der Waals surface area contributed by atoms with E-state index in [2.05, 4.69) is 12.1 Å². The predicted octanol–water partition coefficient (Wildman–Crippen LogP) is 2.20. The van der Waals surface area contributed by atoms with Gasteiger partial charge < -0.3 is 19.4 Å². The van der Waals surface area contributed by atoms with E-state index in [1.807, 2.05) is 40.9 Å². The molecule has 0 radical (unpaired) electrons. The van der Waals surface area contributed by atoms with Crippen molar-refractivity contribution in [2.75, 3.05) is 53.9 Å². The number of amides is 2. The summed E-state index contributed by atoms with van der Waals surface area (Å²) < 4.78 is 5.25. The molecule has 1 aliphatic carbocycles. The average Bonchev–Trinajstić information content (AvgIpc) is 3.55. The molecule has 28 heavy (non-hydrogen) atoms. The summed E-state index contributed by atoms with van der Waals surface area (Å²) in [6.45, 7) is 3.35. The summed E-state index contributed by atoms with van der Waals surface area (Å²) in [5.74, 6) is 2.16. The van der Waals surface area contributed by atoms with Crippen LogP contribution in [0.1, 0.15) is 37.2 Å². The maximum Gasteiger partial charge on any atom is 0.223 e. The third-order valence-electron chi connectivity index (χ3n) is 5.89. The first kappa shape index (κ1) is 20.6. The quantitative estimate of drug-likeness (QED) is 0.686. The Morgan fingerprint density at radius 3 is 2.11 bits per heavy atom. The highest BCUT2D eigenvalue weighted by atomic mass is 16.5. The number of hydrogen-bond donors (Lipinski definition) is 0. The summed E-state index contributed by atoms with van der Waals surface area (Å²) in [4.78, 5) is 31.1. The van der Waals surface area contributed by atoms with E-state index in [0.29, 0.717) is 44.9 Å². The summed E-state index contributed by atoms with van der Waals surface area (Å²) in [5.41, 5.74) is 1.23. The van der Waals surface area contributed by atoms with E-state index in [4.69, 9.17) is 4.74 Å². The molecule has 1 saturated carbocycles. The molecule has 1 aliphatic heterocycles. The van der Waals surface area contributed by atoms with E-state index in [1.165, 1.54) is 18.4 Å². The highest BCUT2D eigenvalue weighted by molar-refractivity contribution is 5.79. The second-order valence-corrected chi connectivity index (χ2v) is 8.24. The van der Waals surface area contributed by atoms with E-state index in [1.54, 1.807) is 7.11 Å². The molecule has 1 aromatic carbocycles. The fourth-order valence-electron chi connectivity index (χ4n) is 3.91. The van der Waals surface area contributed by atoms with Crippen LogP contribution in [0.15, 0.2) is 24.3 Å². The van der Waals surface area contributed by atoms with Crippen LogP contribution in [0.4, 0.5) is 0 Å². The second kappa shape index (κ2) is 9.41. The molecule has 1 unspecified atom stereocenters. The van der Waals surface area contributed by atoms with Gasteiger partial charge in [-0.3, -0.25) is 9.59 Å². The normalized spacial score (nSPS) is 18.3. The van der Waals surface area contributed by atoms with Crippen LogP contribution in [0.3, 0.4) is 0 Å². The van der Waals surface area contributed by atoms with Crippen molar-refractivity contribution in [3.05, 3.63) is 29.8 Å². The van der Waals surface area contributed by atoms with Gasteiger partial charge in [0, 0.05) is 45.6 Å². The maximum atomic E-state index is 12.9. The summed E-state index contributed by atoms with van der Waals surface area (Å²) in [5, 5.41) is 0. The minimum atomic E-state index is 0.190. The number of carbonyl (C=O) groups is 2. The Kier molecular flexibility index (Phi) is 6.94. The molecular weight excluding hydrogens is 354 g/mol. The predicted molar refractivity (Wildman–Crippen MR) is 109 cm³/mol. The first-order valence-corrected chi connectivity index (χ1v) is 10.3. The van der Waals surface area contributed by atoms with Crippen LogP contribution in [-0.4, -0.2) is 80.4 Å². The molecule has 2 fully saturated rings. The first-order valence-electron chi connectivity index (χ1n) is 10.3. The van der Waals surface area contributed by atoms with Gasteiger partial charge in [-0.1, -0.05) is 12.1 Å². The largest absolute Gasteiger partial charge is 0.497 e. The first-order chi connectivity index (χ1) is 13.5. The van der Waals surface area contributed by atoms with E-state index >= 15 is 0 Å². The van der Waals surface area contributed by atoms with E-state index in [-0.39, 0.29) is 17.7 Å². The fraction of sp³-hybridized carbons (Fsp3) is 0.636. The van der Waals surface area contributed by atoms with Crippen LogP contribution in [0, 0.1) is 5.92 Å². The number of carbonyl (C=O) groups excluding carboxylic acids is 2. The number of nitrogens with zero attached hydrogens (tertiary/aromatic N) is 3. The third kappa shape index (κ3) is 5.47. The van der Waals surface area contributed by atoms with Crippen molar-refractivity contribution in [3.63, 3.8) is 0 Å². The topological polar surface area (TPSA) is 53.1 Å². The molecule has 2 aliphatic rings. The van der Waals surface area contributed by atoms with E-state index < -0.39 is 0 Å². The third-order valence-corrected chi connectivity index (χ3v) is 5.89. The number of benzene rings is 1. The van der Waals surface area contributed by atoms with Crippen LogP contribution in [-0.2, 0) is 9.59 Å². The zero-order valence-electron chi connectivity index (χ0n) is 17.4. The summed E-state index contributed by atoms with van der Waals surface area (Å²) in [6, 6.07) is 8.15. The van der Waals surface area contributed by atoms with Crippen molar-refractivity contribution < 1.29 is 14.3 Å². The second-order valence-electron chi connectivity index (χ2n) is 8.24. The molecule has 0 spiro atoms. The maximum absolute atomic E-state index is 12.9. The Morgan fingerprint density at radius 1 is 1.04 bits per heavy atom. The highest BCUT2D eigenvalue weighted by Gasteiger charge is 2.35. The Balaban J connectivity index is 1.52. The molecule has 3 rings (SSSR count). The van der Waals surface area contributed by atoms with Gasteiger partial charge in [0.1, 0.15) is 5.75 Å². The zero-order valence-corrected chi connectivity index (χ0v) is 17.4. The molecule has 1 atom stereocenters. The molecule has 0 bridgehead atoms. The molecule has 6 heteroatoms. The summed E-state index contributed by atoms with van der Waals surface area (Å²) in [7, 11) is 5.62. The summed E-state index contributed by atoms with van der Waals surface area (Å²) >= 11 is 0. The fourth-order valence-corrected chi connectivity index (χ4v) is 3.91. The van der Waals surface area contributed by atoms with Gasteiger partial charge in [-0.05, 0) is 56.5 Å². The molecule has 1 saturated heterocycles. The lowest BCUT2D eigenvalue weighted by molar-refractivity contribution is -0.140. The Labute approximate surface area is 168 Å². The molecule has 1 aromatic rings. The molecule has 0 aromatic heterocycles. The Morgan fingerprint density at radius 2 is 1.61 bits per heavy atom. The smallest absolute Gasteiger partial charge is 0.223 e. The minimum Gasteiger partial charge on any atom is -0.497 e. The average molecular weight is 388 g/mol. The SMILES string of the molecule is COc1ccc(C(CC(=O)N2CCN(C(=O)CCN(C)C)CC2)C2CC2)cc1. The van der Waals surface area contributed by atoms with Crippen molar-refractivity contribution >= 4 is 11.8 Å². The van der Waals surface area contributed by atoms with Crippen molar-refractivity contribution in [2.24, 2.45) is 5.92 Å². The van der Waals surface area contributed by atoms with Gasteiger partial charge in [-0.25, -0.2) is 0 Å². The number of methoxy groups -OCH3 is 1. The van der Waals surface area contributed by atoms with Gasteiger partial charge in [0.15, 0.2) is 0 Å². The lowest BCUT2D eigenvalue weighted by atomic mass is 9.90. The van der Waals surface area contributed by atoms with E-state index in [0.717, 1.165) is 12.3 Å². The molecule has 1 heterocycles. The lowest BCUT2D eigenvalue weighted by Gasteiger charge is -2.35. The van der Waals surface area contributed by atoms with Crippen LogP contribution in [0.25, 0.3) is 0 Å². The number of rotatable bonds is 8. The molecule has 6 nitrogen and oxygen atoms in total. The highest BCUT2D eigenvalue weighted by Crippen LogP contribution is 2.45. The number of hydrogen-bond acceptors (Lipinski definition) is 4. The van der Waals surface area contributed by atoms with Gasteiger partial charge >= 0.3 is 0 Å². The van der Waals surface area contributed by atoms with Crippen molar-refractivity contribution in [1.29, 1.82) is 0 Å². The van der Waals surface area contributed by atoms with Crippen LogP contribution < -0.4 is 4.74 Å². The molecular formula is C22H33N3O3. The van der Waals surface area contributed by atoms with Crippen LogP contribution >= 0.6 is 0 Å². The lowest BCUT2D eigenvalue weighted by Crippen LogP contribution is -2.51. The number of ether oxygens (including phenoxy) is 1. The van der Waals surface area contributed by atoms with Crippen molar-refractivity contribution in [1.82, 2.24) is 14.7 Å². The van der Waals surface area contributed by atoms with Gasteiger partial charge in [0.2, 0.25) is 11.8 Å². The number of piperazine rings is 1. The monoisotopic (exact) mass is 387 g/mol. The standard InChI is InChI=1S/C22H33N3O3/c1-23(2)11-10-21(26)24-12-14-25(15-13-24)22(27)16-20(17-4-5-17)18-6-8-19(28-3)9-7-18/h6-9,17,20H,4-5,10-16H2,1-3H3. The minimum absolute atomic E-state index is 0.190.